The van der Waals surface area contributed by atoms with E-state index in [1.165, 1.54) is 7.11 Å². The Morgan fingerprint density at radius 3 is 2.38 bits per heavy atom. The van der Waals surface area contributed by atoms with Crippen molar-refractivity contribution in [2.45, 2.75) is 25.2 Å². The first kappa shape index (κ1) is 12.9. The summed E-state index contributed by atoms with van der Waals surface area (Å²) in [6, 6.07) is 3.82. The van der Waals surface area contributed by atoms with Gasteiger partial charge in [-0.2, -0.15) is 0 Å². The van der Waals surface area contributed by atoms with Crippen molar-refractivity contribution in [3.8, 4) is 5.75 Å². The minimum absolute atomic E-state index is 0.261. The van der Waals surface area contributed by atoms with Gasteiger partial charge in [0.15, 0.2) is 0 Å². The molecule has 0 radical (unpaired) electrons. The molecule has 0 amide bonds. The van der Waals surface area contributed by atoms with Crippen molar-refractivity contribution in [3.05, 3.63) is 23.3 Å². The number of thiol groups is 1. The van der Waals surface area contributed by atoms with Crippen LogP contribution < -0.4 is 4.74 Å². The zero-order valence-corrected chi connectivity index (χ0v) is 10.6. The predicted molar refractivity (Wildman–Crippen MR) is 65.3 cm³/mol. The summed E-state index contributed by atoms with van der Waals surface area (Å²) in [7, 11) is 1.37. The Morgan fingerprint density at radius 1 is 1.31 bits per heavy atom. The largest absolute Gasteiger partial charge is 0.493 e. The van der Waals surface area contributed by atoms with Crippen molar-refractivity contribution in [1.29, 1.82) is 0 Å². The number of carbonyl (C=O) groups excluding carboxylic acids is 1. The van der Waals surface area contributed by atoms with Crippen LogP contribution in [-0.2, 0) is 9.53 Å². The number of esters is 1. The lowest BCUT2D eigenvalue weighted by molar-refractivity contribution is -0.141. The Morgan fingerprint density at radius 2 is 1.88 bits per heavy atom. The number of carbonyl (C=O) groups is 1. The van der Waals surface area contributed by atoms with Gasteiger partial charge in [-0.3, -0.25) is 4.79 Å². The lowest BCUT2D eigenvalue weighted by atomic mass is 10.1. The molecule has 1 aromatic carbocycles. The lowest BCUT2D eigenvalue weighted by Gasteiger charge is -2.09. The van der Waals surface area contributed by atoms with Gasteiger partial charge in [0.2, 0.25) is 0 Å². The highest BCUT2D eigenvalue weighted by atomic mass is 32.1. The zero-order chi connectivity index (χ0) is 12.1. The van der Waals surface area contributed by atoms with E-state index >= 15 is 0 Å². The molecule has 0 aromatic heterocycles. The van der Waals surface area contributed by atoms with Gasteiger partial charge in [0, 0.05) is 4.90 Å². The molecule has 1 rings (SSSR count). The van der Waals surface area contributed by atoms with Gasteiger partial charge in [0.1, 0.15) is 5.75 Å². The van der Waals surface area contributed by atoms with Gasteiger partial charge in [-0.1, -0.05) is 0 Å². The van der Waals surface area contributed by atoms with Crippen LogP contribution in [0.4, 0.5) is 0 Å². The molecule has 0 spiro atoms. The van der Waals surface area contributed by atoms with Gasteiger partial charge < -0.3 is 9.47 Å². The second kappa shape index (κ2) is 5.80. The molecule has 0 atom stereocenters. The Balaban J connectivity index is 2.58. The van der Waals surface area contributed by atoms with E-state index in [4.69, 9.17) is 4.74 Å². The molecule has 0 fully saturated rings. The molecular weight excluding hydrogens is 224 g/mol. The summed E-state index contributed by atoms with van der Waals surface area (Å²) < 4.78 is 9.98. The first-order valence-corrected chi connectivity index (χ1v) is 5.49. The van der Waals surface area contributed by atoms with Crippen molar-refractivity contribution in [1.82, 2.24) is 0 Å². The summed E-state index contributed by atoms with van der Waals surface area (Å²) in [4.78, 5) is 11.8. The number of hydrogen-bond donors (Lipinski definition) is 1. The maximum Gasteiger partial charge on any atom is 0.308 e. The highest BCUT2D eigenvalue weighted by Gasteiger charge is 2.04. The maximum atomic E-state index is 10.9. The third-order valence-electron chi connectivity index (χ3n) is 2.27. The Hall–Kier alpha value is -1.16. The van der Waals surface area contributed by atoms with Crippen molar-refractivity contribution >= 4 is 18.6 Å². The van der Waals surface area contributed by atoms with E-state index in [1.54, 1.807) is 0 Å². The fraction of sp³-hybridized carbons (Fsp3) is 0.417. The number of ether oxygens (including phenoxy) is 2. The highest BCUT2D eigenvalue weighted by molar-refractivity contribution is 7.80. The van der Waals surface area contributed by atoms with E-state index in [2.05, 4.69) is 17.4 Å². The van der Waals surface area contributed by atoms with E-state index in [0.717, 1.165) is 21.8 Å². The van der Waals surface area contributed by atoms with Gasteiger partial charge in [-0.25, -0.2) is 0 Å². The molecule has 0 bridgehead atoms. The van der Waals surface area contributed by atoms with E-state index in [1.807, 2.05) is 26.0 Å². The predicted octanol–water partition coefficient (Wildman–Crippen LogP) is 2.53. The molecule has 4 heteroatoms. The molecule has 0 saturated heterocycles. The van der Waals surface area contributed by atoms with Crippen molar-refractivity contribution in [2.24, 2.45) is 0 Å². The van der Waals surface area contributed by atoms with Crippen LogP contribution in [0.15, 0.2) is 17.0 Å². The smallest absolute Gasteiger partial charge is 0.308 e. The van der Waals surface area contributed by atoms with E-state index < -0.39 is 0 Å². The van der Waals surface area contributed by atoms with Crippen LogP contribution >= 0.6 is 12.6 Å². The molecule has 0 N–H and O–H groups in total. The van der Waals surface area contributed by atoms with Crippen LogP contribution in [0, 0.1) is 13.8 Å². The molecule has 0 heterocycles. The summed E-state index contributed by atoms with van der Waals surface area (Å²) in [6.45, 7) is 4.28. The third kappa shape index (κ3) is 3.45. The number of rotatable bonds is 4. The molecular formula is C12H16O3S. The van der Waals surface area contributed by atoms with Crippen molar-refractivity contribution in [2.75, 3.05) is 13.7 Å². The van der Waals surface area contributed by atoms with Crippen LogP contribution in [0.5, 0.6) is 5.75 Å². The van der Waals surface area contributed by atoms with Gasteiger partial charge in [0.05, 0.1) is 20.1 Å². The average molecular weight is 240 g/mol. The van der Waals surface area contributed by atoms with Gasteiger partial charge in [-0.05, 0) is 37.1 Å². The van der Waals surface area contributed by atoms with Gasteiger partial charge >= 0.3 is 5.97 Å². The van der Waals surface area contributed by atoms with E-state index in [9.17, 15) is 4.79 Å². The molecule has 0 saturated carbocycles. The molecule has 0 aliphatic carbocycles. The second-order valence-electron chi connectivity index (χ2n) is 3.58. The van der Waals surface area contributed by atoms with Crippen LogP contribution in [0.1, 0.15) is 17.5 Å². The molecule has 0 aliphatic heterocycles. The lowest BCUT2D eigenvalue weighted by Crippen LogP contribution is -2.07. The monoisotopic (exact) mass is 240 g/mol. The SMILES string of the molecule is COC(=O)CCOc1cc(C)c(S)c(C)c1. The topological polar surface area (TPSA) is 35.5 Å². The number of benzene rings is 1. The molecule has 88 valence electrons. The summed E-state index contributed by atoms with van der Waals surface area (Å²) in [5.41, 5.74) is 2.13. The second-order valence-corrected chi connectivity index (χ2v) is 4.03. The van der Waals surface area contributed by atoms with E-state index in [0.29, 0.717) is 6.61 Å². The summed E-state index contributed by atoms with van der Waals surface area (Å²) in [6.07, 6.45) is 0.261. The Kier molecular flexibility index (Phi) is 4.68. The first-order valence-electron chi connectivity index (χ1n) is 5.04. The van der Waals surface area contributed by atoms with Crippen molar-refractivity contribution in [3.63, 3.8) is 0 Å². The molecule has 16 heavy (non-hydrogen) atoms. The maximum absolute atomic E-state index is 10.9. The average Bonchev–Trinajstić information content (AvgIpc) is 2.25. The van der Waals surface area contributed by atoms with Gasteiger partial charge in [0.25, 0.3) is 0 Å². The molecule has 0 aliphatic rings. The zero-order valence-electron chi connectivity index (χ0n) is 9.74. The molecule has 0 unspecified atom stereocenters. The van der Waals surface area contributed by atoms with Crippen molar-refractivity contribution < 1.29 is 14.3 Å². The minimum Gasteiger partial charge on any atom is -0.493 e. The first-order chi connectivity index (χ1) is 7.54. The quantitative estimate of drug-likeness (QED) is 0.649. The standard InChI is InChI=1S/C12H16O3S/c1-8-6-10(7-9(2)12(8)16)15-5-4-11(13)14-3/h6-7,16H,4-5H2,1-3H3. The summed E-state index contributed by atoms with van der Waals surface area (Å²) in [5.74, 6) is 0.496. The molecule has 1 aromatic rings. The highest BCUT2D eigenvalue weighted by Crippen LogP contribution is 2.24. The van der Waals surface area contributed by atoms with Gasteiger partial charge in [-0.15, -0.1) is 12.6 Å². The van der Waals surface area contributed by atoms with Crippen LogP contribution in [-0.4, -0.2) is 19.7 Å². The fourth-order valence-electron chi connectivity index (χ4n) is 1.35. The number of aryl methyl sites for hydroxylation is 2. The summed E-state index contributed by atoms with van der Waals surface area (Å²) >= 11 is 4.37. The normalized spacial score (nSPS) is 10.0. The third-order valence-corrected chi connectivity index (χ3v) is 2.97. The Labute approximate surface area is 101 Å². The number of hydrogen-bond acceptors (Lipinski definition) is 4. The number of methoxy groups -OCH3 is 1. The molecule has 3 nitrogen and oxygen atoms in total. The van der Waals surface area contributed by atoms with Crippen LogP contribution in [0.25, 0.3) is 0 Å². The summed E-state index contributed by atoms with van der Waals surface area (Å²) in [5, 5.41) is 0. The Bertz CT molecular complexity index is 365. The minimum atomic E-state index is -0.265. The van der Waals surface area contributed by atoms with Crippen LogP contribution in [0.2, 0.25) is 0 Å². The van der Waals surface area contributed by atoms with Crippen LogP contribution in [0.3, 0.4) is 0 Å². The van der Waals surface area contributed by atoms with E-state index in [-0.39, 0.29) is 12.4 Å². The fourth-order valence-corrected chi connectivity index (χ4v) is 1.48.